The number of carbonyl (C=O) groups excluding carboxylic acids is 2. The number of rotatable bonds is 8. The normalized spacial score (nSPS) is 18.4. The van der Waals surface area contributed by atoms with Gasteiger partial charge in [-0.25, -0.2) is 0 Å². The molecular weight excluding hydrogens is 382 g/mol. The van der Waals surface area contributed by atoms with E-state index < -0.39 is 17.7 Å². The highest BCUT2D eigenvalue weighted by atomic mass is 16.5. The van der Waals surface area contributed by atoms with Gasteiger partial charge in [-0.1, -0.05) is 27.2 Å². The van der Waals surface area contributed by atoms with Crippen LogP contribution in [0.15, 0.2) is 46.6 Å². The molecule has 2 aromatic rings. The first-order valence-electron chi connectivity index (χ1n) is 10.4. The van der Waals surface area contributed by atoms with Gasteiger partial charge in [-0.2, -0.15) is 0 Å². The van der Waals surface area contributed by atoms with Crippen LogP contribution in [0.2, 0.25) is 0 Å². The lowest BCUT2D eigenvalue weighted by Gasteiger charge is -2.23. The van der Waals surface area contributed by atoms with E-state index in [1.807, 2.05) is 13.8 Å². The lowest BCUT2D eigenvalue weighted by Crippen LogP contribution is -2.30. The summed E-state index contributed by atoms with van der Waals surface area (Å²) in [4.78, 5) is 27.0. The second-order valence-corrected chi connectivity index (χ2v) is 8.05. The van der Waals surface area contributed by atoms with Crippen LogP contribution >= 0.6 is 0 Å². The third-order valence-electron chi connectivity index (χ3n) is 5.13. The highest BCUT2D eigenvalue weighted by Crippen LogP contribution is 2.40. The summed E-state index contributed by atoms with van der Waals surface area (Å²) in [7, 11) is 0. The number of nitrogens with zero attached hydrogens (tertiary/aromatic N) is 1. The summed E-state index contributed by atoms with van der Waals surface area (Å²) in [6.45, 7) is 9.06. The van der Waals surface area contributed by atoms with Gasteiger partial charge < -0.3 is 19.2 Å². The molecule has 1 fully saturated rings. The van der Waals surface area contributed by atoms with Crippen molar-refractivity contribution in [2.75, 3.05) is 13.2 Å². The highest BCUT2D eigenvalue weighted by Gasteiger charge is 2.47. The fourth-order valence-corrected chi connectivity index (χ4v) is 3.55. The van der Waals surface area contributed by atoms with Crippen LogP contribution in [0.25, 0.3) is 5.76 Å². The molecule has 1 saturated heterocycles. The molecule has 160 valence electrons. The van der Waals surface area contributed by atoms with Gasteiger partial charge in [0.25, 0.3) is 11.7 Å². The molecule has 1 amide bonds. The zero-order valence-electron chi connectivity index (χ0n) is 18.0. The zero-order chi connectivity index (χ0) is 21.8. The van der Waals surface area contributed by atoms with E-state index >= 15 is 0 Å². The van der Waals surface area contributed by atoms with Gasteiger partial charge in [-0.15, -0.1) is 0 Å². The van der Waals surface area contributed by atoms with Crippen LogP contribution in [0.3, 0.4) is 0 Å². The van der Waals surface area contributed by atoms with Crippen molar-refractivity contribution in [1.29, 1.82) is 0 Å². The monoisotopic (exact) mass is 411 g/mol. The van der Waals surface area contributed by atoms with Crippen molar-refractivity contribution in [3.05, 3.63) is 59.1 Å². The number of aliphatic hydroxyl groups excluding tert-OH is 1. The van der Waals surface area contributed by atoms with Crippen LogP contribution in [0.4, 0.5) is 0 Å². The van der Waals surface area contributed by atoms with Crippen molar-refractivity contribution in [2.45, 2.75) is 46.6 Å². The van der Waals surface area contributed by atoms with E-state index in [1.165, 1.54) is 11.2 Å². The fourth-order valence-electron chi connectivity index (χ4n) is 3.55. The standard InChI is InChI=1S/C24H29NO5/c1-5-6-11-25-21(19-8-7-12-29-19)20(23(27)24(25)28)22(26)17-9-10-18(16(4)13-17)30-14-15(2)3/h7-10,12-13,15,21,26H,5-6,11,14H2,1-4H3/b22-20-. The number of furan rings is 1. The van der Waals surface area contributed by atoms with Gasteiger partial charge in [0.2, 0.25) is 0 Å². The Hall–Kier alpha value is -3.02. The minimum atomic E-state index is -0.733. The summed E-state index contributed by atoms with van der Waals surface area (Å²) in [6.07, 6.45) is 3.14. The van der Waals surface area contributed by atoms with Gasteiger partial charge in [0.15, 0.2) is 0 Å². The minimum absolute atomic E-state index is 0.0568. The topological polar surface area (TPSA) is 80.0 Å². The van der Waals surface area contributed by atoms with E-state index in [0.29, 0.717) is 30.4 Å². The van der Waals surface area contributed by atoms with E-state index in [2.05, 4.69) is 13.8 Å². The average molecular weight is 411 g/mol. The molecular formula is C24H29NO5. The molecule has 1 aromatic carbocycles. The summed E-state index contributed by atoms with van der Waals surface area (Å²) in [5.74, 6) is 0.0756. The number of aliphatic hydroxyl groups is 1. The van der Waals surface area contributed by atoms with E-state index in [-0.39, 0.29) is 11.3 Å². The molecule has 0 bridgehead atoms. The molecule has 3 rings (SSSR count). The number of likely N-dealkylation sites (tertiary alicyclic amines) is 1. The number of ketones is 1. The third kappa shape index (κ3) is 4.27. The van der Waals surface area contributed by atoms with Crippen molar-refractivity contribution in [2.24, 2.45) is 5.92 Å². The Balaban J connectivity index is 2.02. The first-order chi connectivity index (χ1) is 14.3. The maximum Gasteiger partial charge on any atom is 0.295 e. The summed E-state index contributed by atoms with van der Waals surface area (Å²) in [5, 5.41) is 11.1. The van der Waals surface area contributed by atoms with Gasteiger partial charge >= 0.3 is 0 Å². The van der Waals surface area contributed by atoms with Gasteiger partial charge in [-0.05, 0) is 55.2 Å². The van der Waals surface area contributed by atoms with Crippen molar-refractivity contribution in [3.8, 4) is 5.75 Å². The number of benzene rings is 1. The predicted molar refractivity (Wildman–Crippen MR) is 114 cm³/mol. The molecule has 0 aliphatic carbocycles. The number of amides is 1. The van der Waals surface area contributed by atoms with Crippen molar-refractivity contribution < 1.29 is 23.8 Å². The quantitative estimate of drug-likeness (QED) is 0.382. The Morgan fingerprint density at radius 3 is 2.63 bits per heavy atom. The number of Topliss-reactive ketones (excluding diaryl/α,β-unsaturated/α-hetero) is 1. The maximum absolute atomic E-state index is 12.9. The Morgan fingerprint density at radius 2 is 2.03 bits per heavy atom. The van der Waals surface area contributed by atoms with Crippen LogP contribution in [-0.4, -0.2) is 34.8 Å². The van der Waals surface area contributed by atoms with Crippen molar-refractivity contribution in [3.63, 3.8) is 0 Å². The van der Waals surface area contributed by atoms with Crippen LogP contribution in [0.1, 0.15) is 56.5 Å². The van der Waals surface area contributed by atoms with Gasteiger partial charge in [-0.3, -0.25) is 9.59 Å². The molecule has 1 aliphatic heterocycles. The van der Waals surface area contributed by atoms with Crippen molar-refractivity contribution in [1.82, 2.24) is 4.90 Å². The molecule has 6 heteroatoms. The van der Waals surface area contributed by atoms with Crippen LogP contribution in [0, 0.1) is 12.8 Å². The van der Waals surface area contributed by atoms with Gasteiger partial charge in [0.05, 0.1) is 18.4 Å². The molecule has 0 spiro atoms. The number of unbranched alkanes of at least 4 members (excludes halogenated alkanes) is 1. The molecule has 1 N–H and O–H groups in total. The second-order valence-electron chi connectivity index (χ2n) is 8.05. The number of hydrogen-bond donors (Lipinski definition) is 1. The third-order valence-corrected chi connectivity index (χ3v) is 5.13. The summed E-state index contributed by atoms with van der Waals surface area (Å²) in [6, 6.07) is 7.95. The van der Waals surface area contributed by atoms with E-state index in [9.17, 15) is 14.7 Å². The Kier molecular flexibility index (Phi) is 6.65. The maximum atomic E-state index is 12.9. The van der Waals surface area contributed by atoms with E-state index in [4.69, 9.17) is 9.15 Å². The smallest absolute Gasteiger partial charge is 0.295 e. The second kappa shape index (κ2) is 9.20. The summed E-state index contributed by atoms with van der Waals surface area (Å²) >= 11 is 0. The molecule has 1 atom stereocenters. The Bertz CT molecular complexity index is 943. The Morgan fingerprint density at radius 1 is 1.27 bits per heavy atom. The highest BCUT2D eigenvalue weighted by molar-refractivity contribution is 6.46. The van der Waals surface area contributed by atoms with Crippen LogP contribution in [-0.2, 0) is 9.59 Å². The number of ether oxygens (including phenoxy) is 1. The fraction of sp³-hybridized carbons (Fsp3) is 0.417. The molecule has 2 heterocycles. The summed E-state index contributed by atoms with van der Waals surface area (Å²) in [5.41, 5.74) is 1.37. The Labute approximate surface area is 177 Å². The molecule has 1 aliphatic rings. The first kappa shape index (κ1) is 21.7. The largest absolute Gasteiger partial charge is 0.507 e. The molecule has 6 nitrogen and oxygen atoms in total. The van der Waals surface area contributed by atoms with E-state index in [0.717, 1.165) is 24.2 Å². The number of aryl methyl sites for hydroxylation is 1. The lowest BCUT2D eigenvalue weighted by molar-refractivity contribution is -0.140. The van der Waals surface area contributed by atoms with Gasteiger partial charge in [0, 0.05) is 12.1 Å². The minimum Gasteiger partial charge on any atom is -0.507 e. The molecule has 30 heavy (non-hydrogen) atoms. The lowest BCUT2D eigenvalue weighted by atomic mass is 9.98. The SMILES string of the molecule is CCCCN1C(=O)C(=O)/C(=C(\O)c2ccc(OCC(C)C)c(C)c2)C1c1ccco1. The van der Waals surface area contributed by atoms with Crippen molar-refractivity contribution >= 4 is 17.4 Å². The van der Waals surface area contributed by atoms with Gasteiger partial charge in [0.1, 0.15) is 23.3 Å². The summed E-state index contributed by atoms with van der Waals surface area (Å²) < 4.78 is 11.3. The number of carbonyl (C=O) groups is 2. The number of hydrogen-bond acceptors (Lipinski definition) is 5. The zero-order valence-corrected chi connectivity index (χ0v) is 18.0. The van der Waals surface area contributed by atoms with Crippen LogP contribution in [0.5, 0.6) is 5.75 Å². The average Bonchev–Trinajstić information content (AvgIpc) is 3.32. The first-order valence-corrected chi connectivity index (χ1v) is 10.4. The van der Waals surface area contributed by atoms with Crippen LogP contribution < -0.4 is 4.74 Å². The van der Waals surface area contributed by atoms with E-state index in [1.54, 1.807) is 30.3 Å². The molecule has 1 aromatic heterocycles. The predicted octanol–water partition coefficient (Wildman–Crippen LogP) is 4.84. The molecule has 0 radical (unpaired) electrons. The molecule has 1 unspecified atom stereocenters. The molecule has 0 saturated carbocycles.